The Morgan fingerprint density at radius 3 is 2.52 bits per heavy atom. The van der Waals surface area contributed by atoms with Crippen LogP contribution in [0.25, 0.3) is 11.4 Å². The molecule has 25 heavy (non-hydrogen) atoms. The summed E-state index contributed by atoms with van der Waals surface area (Å²) in [7, 11) is 0. The summed E-state index contributed by atoms with van der Waals surface area (Å²) in [5, 5.41) is 2.79. The second kappa shape index (κ2) is 6.71. The number of alkyl halides is 3. The van der Waals surface area contributed by atoms with Crippen molar-refractivity contribution in [3.05, 3.63) is 70.5 Å². The fourth-order valence-corrected chi connectivity index (χ4v) is 2.10. The van der Waals surface area contributed by atoms with Crippen molar-refractivity contribution in [1.82, 2.24) is 19.9 Å². The number of anilines is 1. The van der Waals surface area contributed by atoms with Crippen LogP contribution in [-0.2, 0) is 12.7 Å². The van der Waals surface area contributed by atoms with E-state index >= 15 is 0 Å². The molecule has 0 spiro atoms. The fraction of sp³-hybridized carbons (Fsp3) is 0.125. The van der Waals surface area contributed by atoms with Gasteiger partial charge in [-0.3, -0.25) is 9.78 Å². The van der Waals surface area contributed by atoms with Crippen molar-refractivity contribution in [3.8, 4) is 11.4 Å². The summed E-state index contributed by atoms with van der Waals surface area (Å²) in [6.07, 6.45) is -0.251. The molecular weight excluding hydrogens is 335 g/mol. The lowest BCUT2D eigenvalue weighted by Gasteiger charge is -2.12. The third-order valence-corrected chi connectivity index (χ3v) is 3.27. The third-order valence-electron chi connectivity index (χ3n) is 3.27. The lowest BCUT2D eigenvalue weighted by Crippen LogP contribution is -2.13. The number of H-pyrrole nitrogens is 1. The van der Waals surface area contributed by atoms with Gasteiger partial charge >= 0.3 is 6.18 Å². The zero-order valence-corrected chi connectivity index (χ0v) is 12.7. The smallest absolute Gasteiger partial charge is 0.366 e. The van der Waals surface area contributed by atoms with Crippen molar-refractivity contribution in [3.63, 3.8) is 0 Å². The molecule has 6 nitrogen and oxygen atoms in total. The summed E-state index contributed by atoms with van der Waals surface area (Å²) in [6, 6.07) is 6.87. The third kappa shape index (κ3) is 4.19. The van der Waals surface area contributed by atoms with Crippen molar-refractivity contribution in [2.24, 2.45) is 0 Å². The largest absolute Gasteiger partial charge is 0.433 e. The molecule has 0 saturated heterocycles. The van der Waals surface area contributed by atoms with Crippen LogP contribution in [0.2, 0.25) is 0 Å². The Labute approximate surface area is 139 Å². The van der Waals surface area contributed by atoms with Gasteiger partial charge in [0.2, 0.25) is 5.56 Å². The Morgan fingerprint density at radius 2 is 1.84 bits per heavy atom. The van der Waals surface area contributed by atoms with E-state index < -0.39 is 11.9 Å². The van der Waals surface area contributed by atoms with Crippen molar-refractivity contribution < 1.29 is 13.2 Å². The molecule has 9 heteroatoms. The first-order valence-electron chi connectivity index (χ1n) is 7.20. The fourth-order valence-electron chi connectivity index (χ4n) is 2.10. The van der Waals surface area contributed by atoms with E-state index in [4.69, 9.17) is 0 Å². The van der Waals surface area contributed by atoms with E-state index in [1.54, 1.807) is 6.07 Å². The molecule has 3 aromatic rings. The summed E-state index contributed by atoms with van der Waals surface area (Å²) in [5.41, 5.74) is -0.320. The second-order valence-corrected chi connectivity index (χ2v) is 5.11. The van der Waals surface area contributed by atoms with Crippen molar-refractivity contribution in [2.45, 2.75) is 12.7 Å². The van der Waals surface area contributed by atoms with Crippen LogP contribution >= 0.6 is 0 Å². The molecular formula is C16H12F3N5O. The van der Waals surface area contributed by atoms with Gasteiger partial charge in [0.05, 0.1) is 0 Å². The highest BCUT2D eigenvalue weighted by atomic mass is 19.4. The Bertz CT molecular complexity index is 925. The summed E-state index contributed by atoms with van der Waals surface area (Å²) in [5.74, 6) is -0.0555. The summed E-state index contributed by atoms with van der Waals surface area (Å²) >= 11 is 0. The molecule has 2 N–H and O–H groups in total. The molecule has 0 aromatic carbocycles. The number of aromatic nitrogens is 4. The molecule has 0 saturated carbocycles. The minimum absolute atomic E-state index is 0.00872. The van der Waals surface area contributed by atoms with Gasteiger partial charge in [-0.25, -0.2) is 9.97 Å². The van der Waals surface area contributed by atoms with Crippen molar-refractivity contribution in [1.29, 1.82) is 0 Å². The molecule has 0 radical (unpaired) electrons. The van der Waals surface area contributed by atoms with E-state index in [9.17, 15) is 18.0 Å². The van der Waals surface area contributed by atoms with Crippen LogP contribution in [0.15, 0.2) is 53.7 Å². The quantitative estimate of drug-likeness (QED) is 0.758. The zero-order chi connectivity index (χ0) is 17.9. The lowest BCUT2D eigenvalue weighted by molar-refractivity contribution is -0.141. The first-order chi connectivity index (χ1) is 11.9. The molecule has 0 aliphatic rings. The highest BCUT2D eigenvalue weighted by molar-refractivity contribution is 5.57. The maximum absolute atomic E-state index is 13.1. The average Bonchev–Trinajstić information content (AvgIpc) is 2.60. The highest BCUT2D eigenvalue weighted by Crippen LogP contribution is 2.30. The van der Waals surface area contributed by atoms with Crippen LogP contribution in [-0.4, -0.2) is 19.9 Å². The Morgan fingerprint density at radius 1 is 1.08 bits per heavy atom. The Hall–Kier alpha value is -3.23. The first-order valence-corrected chi connectivity index (χ1v) is 7.20. The summed E-state index contributed by atoms with van der Waals surface area (Å²) < 4.78 is 39.3. The number of hydrogen-bond donors (Lipinski definition) is 2. The predicted octanol–water partition coefficient (Wildman–Crippen LogP) is 2.86. The van der Waals surface area contributed by atoms with E-state index in [2.05, 4.69) is 25.3 Å². The molecule has 3 heterocycles. The van der Waals surface area contributed by atoms with Gasteiger partial charge in [0.25, 0.3) is 0 Å². The molecule has 0 amide bonds. The zero-order valence-electron chi connectivity index (χ0n) is 12.7. The van der Waals surface area contributed by atoms with Gasteiger partial charge in [-0.15, -0.1) is 0 Å². The molecule has 3 rings (SSSR count). The first kappa shape index (κ1) is 16.6. The molecule has 0 atom stereocenters. The van der Waals surface area contributed by atoms with Crippen LogP contribution in [0.5, 0.6) is 0 Å². The van der Waals surface area contributed by atoms with Crippen LogP contribution in [0.4, 0.5) is 19.0 Å². The number of rotatable bonds is 4. The molecule has 0 aliphatic heterocycles. The van der Waals surface area contributed by atoms with E-state index in [-0.39, 0.29) is 23.7 Å². The number of hydrogen-bond acceptors (Lipinski definition) is 5. The number of nitrogens with one attached hydrogen (secondary N) is 2. The predicted molar refractivity (Wildman–Crippen MR) is 84.7 cm³/mol. The number of pyridine rings is 2. The molecule has 0 bridgehead atoms. The van der Waals surface area contributed by atoms with Crippen LogP contribution < -0.4 is 10.9 Å². The van der Waals surface area contributed by atoms with E-state index in [0.29, 0.717) is 11.1 Å². The SMILES string of the molecule is O=c1cc(CNc2cc(C(F)(F)F)nc(-c3ccncc3)n2)cc[nH]1. The molecule has 0 unspecified atom stereocenters. The van der Waals surface area contributed by atoms with Gasteiger partial charge in [-0.2, -0.15) is 13.2 Å². The minimum Gasteiger partial charge on any atom is -0.366 e. The second-order valence-electron chi connectivity index (χ2n) is 5.11. The molecule has 0 fully saturated rings. The normalized spacial score (nSPS) is 11.3. The molecule has 3 aromatic heterocycles. The maximum atomic E-state index is 13.1. The van der Waals surface area contributed by atoms with E-state index in [1.165, 1.54) is 36.8 Å². The molecule has 0 aliphatic carbocycles. The number of nitrogens with zero attached hydrogens (tertiary/aromatic N) is 3. The average molecular weight is 347 g/mol. The molecule has 128 valence electrons. The van der Waals surface area contributed by atoms with Gasteiger partial charge in [0, 0.05) is 42.8 Å². The van der Waals surface area contributed by atoms with Gasteiger partial charge in [0.15, 0.2) is 11.5 Å². The van der Waals surface area contributed by atoms with Crippen molar-refractivity contribution >= 4 is 5.82 Å². The minimum atomic E-state index is -4.61. The summed E-state index contributed by atoms with van der Waals surface area (Å²) in [4.78, 5) is 25.3. The summed E-state index contributed by atoms with van der Waals surface area (Å²) in [6.45, 7) is 0.147. The van der Waals surface area contributed by atoms with Crippen LogP contribution in [0.1, 0.15) is 11.3 Å². The lowest BCUT2D eigenvalue weighted by atomic mass is 10.2. The number of aromatic amines is 1. The van der Waals surface area contributed by atoms with E-state index in [0.717, 1.165) is 6.07 Å². The van der Waals surface area contributed by atoms with Crippen LogP contribution in [0.3, 0.4) is 0 Å². The number of halogens is 3. The van der Waals surface area contributed by atoms with Gasteiger partial charge in [-0.1, -0.05) is 0 Å². The highest BCUT2D eigenvalue weighted by Gasteiger charge is 2.33. The van der Waals surface area contributed by atoms with Gasteiger partial charge in [0.1, 0.15) is 5.82 Å². The standard InChI is InChI=1S/C16H12F3N5O/c17-16(18,19)12-8-13(22-9-10-1-6-21-14(25)7-10)24-15(23-12)11-2-4-20-5-3-11/h1-8H,9H2,(H,21,25)(H,22,23,24). The monoisotopic (exact) mass is 347 g/mol. The Kier molecular flexibility index (Phi) is 4.46. The Balaban J connectivity index is 1.94. The van der Waals surface area contributed by atoms with Gasteiger partial charge < -0.3 is 10.3 Å². The maximum Gasteiger partial charge on any atom is 0.433 e. The van der Waals surface area contributed by atoms with E-state index in [1.807, 2.05) is 0 Å². The van der Waals surface area contributed by atoms with Gasteiger partial charge in [-0.05, 0) is 23.8 Å². The topological polar surface area (TPSA) is 83.6 Å². The van der Waals surface area contributed by atoms with Crippen LogP contribution in [0, 0.1) is 0 Å². The van der Waals surface area contributed by atoms with Crippen molar-refractivity contribution in [2.75, 3.05) is 5.32 Å².